The molecule has 0 saturated carbocycles. The highest BCUT2D eigenvalue weighted by Crippen LogP contribution is 2.22. The van der Waals surface area contributed by atoms with E-state index in [9.17, 15) is 9.59 Å². The van der Waals surface area contributed by atoms with Crippen molar-refractivity contribution in [3.05, 3.63) is 62.9 Å². The van der Waals surface area contributed by atoms with Gasteiger partial charge in [-0.2, -0.15) is 5.26 Å². The SMILES string of the molecule is CC(C)Cn1c(SCC(=O)Nc2ccccc2C#N)nc2ccc(Br)cc2c1=O. The molecule has 3 rings (SSSR count). The van der Waals surface area contributed by atoms with Gasteiger partial charge in [-0.3, -0.25) is 14.2 Å². The van der Waals surface area contributed by atoms with Crippen LogP contribution in [0.3, 0.4) is 0 Å². The van der Waals surface area contributed by atoms with Crippen molar-refractivity contribution in [1.82, 2.24) is 9.55 Å². The van der Waals surface area contributed by atoms with Gasteiger partial charge in [-0.25, -0.2) is 4.98 Å². The summed E-state index contributed by atoms with van der Waals surface area (Å²) in [4.78, 5) is 30.0. The summed E-state index contributed by atoms with van der Waals surface area (Å²) in [5, 5.41) is 12.9. The molecule has 0 aliphatic heterocycles. The molecule has 6 nitrogen and oxygen atoms in total. The molecule has 0 bridgehead atoms. The second kappa shape index (κ2) is 9.25. The Bertz CT molecular complexity index is 1170. The number of nitrogens with one attached hydrogen (secondary N) is 1. The number of halogens is 1. The predicted molar refractivity (Wildman–Crippen MR) is 119 cm³/mol. The Labute approximate surface area is 181 Å². The van der Waals surface area contributed by atoms with E-state index in [1.807, 2.05) is 19.9 Å². The standard InChI is InChI=1S/C21H19BrN4O2S/c1-13(2)11-26-20(28)16-9-15(22)7-8-18(16)25-21(26)29-12-19(27)24-17-6-4-3-5-14(17)10-23/h3-9,13H,11-12H2,1-2H3,(H,24,27). The van der Waals surface area contributed by atoms with Gasteiger partial charge in [0.05, 0.1) is 27.9 Å². The van der Waals surface area contributed by atoms with Gasteiger partial charge in [0.2, 0.25) is 5.91 Å². The molecule has 0 saturated heterocycles. The number of amides is 1. The van der Waals surface area contributed by atoms with Crippen LogP contribution in [-0.4, -0.2) is 21.2 Å². The van der Waals surface area contributed by atoms with Crippen molar-refractivity contribution in [3.63, 3.8) is 0 Å². The van der Waals surface area contributed by atoms with Crippen molar-refractivity contribution < 1.29 is 4.79 Å². The van der Waals surface area contributed by atoms with Crippen LogP contribution in [0, 0.1) is 17.2 Å². The zero-order valence-electron chi connectivity index (χ0n) is 16.0. The predicted octanol–water partition coefficient (Wildman–Crippen LogP) is 4.42. The van der Waals surface area contributed by atoms with Gasteiger partial charge >= 0.3 is 0 Å². The van der Waals surface area contributed by atoms with Crippen molar-refractivity contribution >= 4 is 50.2 Å². The van der Waals surface area contributed by atoms with Gasteiger partial charge in [-0.05, 0) is 36.2 Å². The number of thioether (sulfide) groups is 1. The zero-order chi connectivity index (χ0) is 21.0. The monoisotopic (exact) mass is 470 g/mol. The third-order valence-electron chi connectivity index (χ3n) is 4.08. The first kappa shape index (κ1) is 21.1. The molecule has 0 aliphatic carbocycles. The number of rotatable bonds is 6. The van der Waals surface area contributed by atoms with Crippen molar-refractivity contribution in [2.75, 3.05) is 11.1 Å². The molecule has 148 valence electrons. The highest BCUT2D eigenvalue weighted by Gasteiger charge is 2.15. The third kappa shape index (κ3) is 5.05. The van der Waals surface area contributed by atoms with E-state index in [1.54, 1.807) is 41.0 Å². The molecule has 0 fully saturated rings. The smallest absolute Gasteiger partial charge is 0.262 e. The van der Waals surface area contributed by atoms with E-state index < -0.39 is 0 Å². The number of benzene rings is 2. The van der Waals surface area contributed by atoms with E-state index in [2.05, 4.69) is 32.3 Å². The average molecular weight is 471 g/mol. The first-order valence-electron chi connectivity index (χ1n) is 9.01. The summed E-state index contributed by atoms with van der Waals surface area (Å²) >= 11 is 4.60. The molecule has 8 heteroatoms. The summed E-state index contributed by atoms with van der Waals surface area (Å²) in [5.41, 5.74) is 1.34. The minimum atomic E-state index is -0.265. The molecule has 0 spiro atoms. The molecule has 0 aliphatic rings. The molecule has 1 aromatic heterocycles. The molecule has 1 N–H and O–H groups in total. The maximum atomic E-state index is 13.0. The Balaban J connectivity index is 1.87. The summed E-state index contributed by atoms with van der Waals surface area (Å²) in [6.45, 7) is 4.56. The lowest BCUT2D eigenvalue weighted by Gasteiger charge is -2.15. The minimum absolute atomic E-state index is 0.0757. The summed E-state index contributed by atoms with van der Waals surface area (Å²) < 4.78 is 2.44. The highest BCUT2D eigenvalue weighted by molar-refractivity contribution is 9.10. The average Bonchev–Trinajstić information content (AvgIpc) is 2.69. The first-order chi connectivity index (χ1) is 13.9. The lowest BCUT2D eigenvalue weighted by molar-refractivity contribution is -0.113. The summed E-state index contributed by atoms with van der Waals surface area (Å²) in [5.74, 6) is 0.0560. The highest BCUT2D eigenvalue weighted by atomic mass is 79.9. The lowest BCUT2D eigenvalue weighted by atomic mass is 10.2. The van der Waals surface area contributed by atoms with Gasteiger partial charge in [0, 0.05) is 11.0 Å². The van der Waals surface area contributed by atoms with Gasteiger partial charge in [0.15, 0.2) is 5.16 Å². The van der Waals surface area contributed by atoms with Crippen molar-refractivity contribution in [2.24, 2.45) is 5.92 Å². The van der Waals surface area contributed by atoms with Crippen LogP contribution in [0.15, 0.2) is 56.9 Å². The number of anilines is 1. The Morgan fingerprint density at radius 3 is 2.79 bits per heavy atom. The van der Waals surface area contributed by atoms with Crippen LogP contribution in [0.2, 0.25) is 0 Å². The summed E-state index contributed by atoms with van der Waals surface area (Å²) in [6.07, 6.45) is 0. The Morgan fingerprint density at radius 2 is 2.07 bits per heavy atom. The zero-order valence-corrected chi connectivity index (χ0v) is 18.4. The van der Waals surface area contributed by atoms with E-state index >= 15 is 0 Å². The minimum Gasteiger partial charge on any atom is -0.324 e. The normalized spacial score (nSPS) is 10.9. The second-order valence-electron chi connectivity index (χ2n) is 6.86. The Hall–Kier alpha value is -2.63. The van der Waals surface area contributed by atoms with Crippen molar-refractivity contribution in [2.45, 2.75) is 25.5 Å². The first-order valence-corrected chi connectivity index (χ1v) is 10.8. The number of para-hydroxylation sites is 1. The van der Waals surface area contributed by atoms with Crippen LogP contribution in [0.5, 0.6) is 0 Å². The quantitative estimate of drug-likeness (QED) is 0.425. The molecule has 3 aromatic rings. The number of aromatic nitrogens is 2. The van der Waals surface area contributed by atoms with Gasteiger partial charge in [0.1, 0.15) is 6.07 Å². The molecule has 0 radical (unpaired) electrons. The molecule has 1 amide bonds. The second-order valence-corrected chi connectivity index (χ2v) is 8.72. The van der Waals surface area contributed by atoms with Gasteiger partial charge < -0.3 is 5.32 Å². The van der Waals surface area contributed by atoms with E-state index in [0.717, 1.165) is 4.47 Å². The number of nitrogens with zero attached hydrogens (tertiary/aromatic N) is 3. The number of hydrogen-bond donors (Lipinski definition) is 1. The number of carbonyl (C=O) groups excluding carboxylic acids is 1. The number of carbonyl (C=O) groups is 1. The Morgan fingerprint density at radius 1 is 1.31 bits per heavy atom. The van der Waals surface area contributed by atoms with Crippen LogP contribution in [0.1, 0.15) is 19.4 Å². The third-order valence-corrected chi connectivity index (χ3v) is 5.55. The van der Waals surface area contributed by atoms with E-state index in [4.69, 9.17) is 5.26 Å². The van der Waals surface area contributed by atoms with Crippen LogP contribution >= 0.6 is 27.7 Å². The molecule has 29 heavy (non-hydrogen) atoms. The molecular formula is C21H19BrN4O2S. The number of nitriles is 1. The van der Waals surface area contributed by atoms with Gasteiger partial charge in [-0.15, -0.1) is 0 Å². The number of hydrogen-bond acceptors (Lipinski definition) is 5. The molecule has 0 atom stereocenters. The fourth-order valence-electron chi connectivity index (χ4n) is 2.82. The molecule has 0 unspecified atom stereocenters. The fraction of sp³-hybridized carbons (Fsp3) is 0.238. The van der Waals surface area contributed by atoms with Crippen LogP contribution in [0.25, 0.3) is 10.9 Å². The van der Waals surface area contributed by atoms with Crippen LogP contribution < -0.4 is 10.9 Å². The molecule has 2 aromatic carbocycles. The summed E-state index contributed by atoms with van der Waals surface area (Å²) in [6, 6.07) is 14.3. The largest absolute Gasteiger partial charge is 0.324 e. The number of fused-ring (bicyclic) bond motifs is 1. The Kier molecular flexibility index (Phi) is 6.72. The van der Waals surface area contributed by atoms with E-state index in [-0.39, 0.29) is 23.1 Å². The van der Waals surface area contributed by atoms with E-state index in [1.165, 1.54) is 11.8 Å². The van der Waals surface area contributed by atoms with Crippen molar-refractivity contribution in [3.8, 4) is 6.07 Å². The maximum Gasteiger partial charge on any atom is 0.262 e. The van der Waals surface area contributed by atoms with Crippen LogP contribution in [-0.2, 0) is 11.3 Å². The van der Waals surface area contributed by atoms with Gasteiger partial charge in [-0.1, -0.05) is 53.7 Å². The molecular weight excluding hydrogens is 452 g/mol. The summed E-state index contributed by atoms with van der Waals surface area (Å²) in [7, 11) is 0. The lowest BCUT2D eigenvalue weighted by Crippen LogP contribution is -2.26. The fourth-order valence-corrected chi connectivity index (χ4v) is 3.98. The van der Waals surface area contributed by atoms with E-state index in [0.29, 0.717) is 33.9 Å². The maximum absolute atomic E-state index is 13.0. The van der Waals surface area contributed by atoms with Crippen LogP contribution in [0.4, 0.5) is 5.69 Å². The van der Waals surface area contributed by atoms with Gasteiger partial charge in [0.25, 0.3) is 5.56 Å². The topological polar surface area (TPSA) is 87.8 Å². The van der Waals surface area contributed by atoms with Crippen molar-refractivity contribution in [1.29, 1.82) is 5.26 Å². The molecule has 1 heterocycles.